The summed E-state index contributed by atoms with van der Waals surface area (Å²) in [7, 11) is -3.63. The summed E-state index contributed by atoms with van der Waals surface area (Å²) in [5, 5.41) is 3.28. The minimum absolute atomic E-state index is 0.0532. The molecular formula is C18H27FN2O3S. The topological polar surface area (TPSA) is 66.5 Å². The number of nitrogens with one attached hydrogen (secondary N) is 1. The van der Waals surface area contributed by atoms with Crippen LogP contribution in [0.3, 0.4) is 0 Å². The van der Waals surface area contributed by atoms with Gasteiger partial charge in [-0.3, -0.25) is 4.79 Å². The van der Waals surface area contributed by atoms with Crippen molar-refractivity contribution in [3.8, 4) is 0 Å². The van der Waals surface area contributed by atoms with Gasteiger partial charge in [0.1, 0.15) is 5.82 Å². The Kier molecular flexibility index (Phi) is 6.95. The molecule has 1 saturated heterocycles. The maximum atomic E-state index is 13.0. The normalized spacial score (nSPS) is 17.2. The first kappa shape index (κ1) is 19.8. The highest BCUT2D eigenvalue weighted by Crippen LogP contribution is 2.20. The van der Waals surface area contributed by atoms with Crippen LogP contribution < -0.4 is 5.32 Å². The van der Waals surface area contributed by atoms with Crippen molar-refractivity contribution in [1.29, 1.82) is 0 Å². The Balaban J connectivity index is 2.09. The van der Waals surface area contributed by atoms with Crippen molar-refractivity contribution in [1.82, 2.24) is 10.2 Å². The highest BCUT2D eigenvalue weighted by molar-refractivity contribution is 7.91. The maximum absolute atomic E-state index is 13.0. The van der Waals surface area contributed by atoms with Gasteiger partial charge in [-0.15, -0.1) is 0 Å². The van der Waals surface area contributed by atoms with E-state index in [2.05, 4.69) is 5.32 Å². The van der Waals surface area contributed by atoms with E-state index in [0.717, 1.165) is 44.5 Å². The lowest BCUT2D eigenvalue weighted by molar-refractivity contribution is -0.137. The first-order valence-electron chi connectivity index (χ1n) is 8.84. The molecule has 0 aliphatic carbocycles. The molecule has 5 nitrogen and oxygen atoms in total. The second-order valence-electron chi connectivity index (χ2n) is 6.65. The van der Waals surface area contributed by atoms with Crippen molar-refractivity contribution in [3.05, 3.63) is 30.1 Å². The van der Waals surface area contributed by atoms with E-state index in [9.17, 15) is 17.6 Å². The zero-order valence-electron chi connectivity index (χ0n) is 14.9. The van der Waals surface area contributed by atoms with E-state index in [1.54, 1.807) is 6.92 Å². The van der Waals surface area contributed by atoms with Crippen LogP contribution in [-0.2, 0) is 14.6 Å². The van der Waals surface area contributed by atoms with Gasteiger partial charge in [-0.25, -0.2) is 12.8 Å². The predicted octanol–water partition coefficient (Wildman–Crippen LogP) is 2.23. The standard InChI is InChI=1S/C18H27FN2O3S/c1-3-12-21(16-8-10-20-11-9-16)18(22)14(2)13-25(23,24)17-6-4-15(19)5-7-17/h4-7,14,16,20H,3,8-13H2,1-2H3. The first-order valence-corrected chi connectivity index (χ1v) is 10.5. The monoisotopic (exact) mass is 370 g/mol. The molecule has 1 N–H and O–H groups in total. The van der Waals surface area contributed by atoms with Gasteiger partial charge in [0.05, 0.1) is 10.6 Å². The molecule has 0 radical (unpaired) electrons. The third-order valence-electron chi connectivity index (χ3n) is 4.56. The molecule has 1 aliphatic heterocycles. The van der Waals surface area contributed by atoms with Crippen molar-refractivity contribution in [2.45, 2.75) is 44.0 Å². The lowest BCUT2D eigenvalue weighted by Gasteiger charge is -2.36. The second-order valence-corrected chi connectivity index (χ2v) is 8.68. The van der Waals surface area contributed by atoms with E-state index in [0.29, 0.717) is 6.54 Å². The summed E-state index contributed by atoms with van der Waals surface area (Å²) in [5.74, 6) is -1.48. The average Bonchev–Trinajstić information content (AvgIpc) is 2.60. The molecule has 140 valence electrons. The van der Waals surface area contributed by atoms with E-state index in [1.807, 2.05) is 11.8 Å². The van der Waals surface area contributed by atoms with Gasteiger partial charge in [-0.05, 0) is 56.6 Å². The van der Waals surface area contributed by atoms with Crippen molar-refractivity contribution in [2.75, 3.05) is 25.4 Å². The maximum Gasteiger partial charge on any atom is 0.226 e. The third-order valence-corrected chi connectivity index (χ3v) is 6.49. The molecule has 25 heavy (non-hydrogen) atoms. The summed E-state index contributed by atoms with van der Waals surface area (Å²) >= 11 is 0. The van der Waals surface area contributed by atoms with Crippen LogP contribution in [0.15, 0.2) is 29.2 Å². The van der Waals surface area contributed by atoms with Crippen molar-refractivity contribution in [2.24, 2.45) is 5.92 Å². The Morgan fingerprint density at radius 1 is 1.28 bits per heavy atom. The molecule has 0 bridgehead atoms. The fourth-order valence-electron chi connectivity index (χ4n) is 3.25. The highest BCUT2D eigenvalue weighted by Gasteiger charge is 2.31. The van der Waals surface area contributed by atoms with Crippen LogP contribution >= 0.6 is 0 Å². The summed E-state index contributed by atoms with van der Waals surface area (Å²) in [6.07, 6.45) is 2.62. The number of hydrogen-bond donors (Lipinski definition) is 1. The lowest BCUT2D eigenvalue weighted by atomic mass is 10.0. The van der Waals surface area contributed by atoms with Gasteiger partial charge in [0.2, 0.25) is 5.91 Å². The van der Waals surface area contributed by atoms with Gasteiger partial charge in [0.25, 0.3) is 0 Å². The number of rotatable bonds is 7. The Bertz CT molecular complexity index is 670. The second kappa shape index (κ2) is 8.76. The Hall–Kier alpha value is -1.47. The number of carbonyl (C=O) groups is 1. The molecule has 0 aromatic heterocycles. The summed E-state index contributed by atoms with van der Waals surface area (Å²) < 4.78 is 38.0. The summed E-state index contributed by atoms with van der Waals surface area (Å²) in [6.45, 7) is 6.07. The molecule has 1 aliphatic rings. The first-order chi connectivity index (χ1) is 11.8. The zero-order chi connectivity index (χ0) is 18.4. The Morgan fingerprint density at radius 3 is 2.44 bits per heavy atom. The van der Waals surface area contributed by atoms with E-state index in [-0.39, 0.29) is 22.6 Å². The van der Waals surface area contributed by atoms with Gasteiger partial charge < -0.3 is 10.2 Å². The number of nitrogens with zero attached hydrogens (tertiary/aromatic N) is 1. The molecule has 0 saturated carbocycles. The number of hydrogen-bond acceptors (Lipinski definition) is 4. The van der Waals surface area contributed by atoms with E-state index in [1.165, 1.54) is 12.1 Å². The van der Waals surface area contributed by atoms with E-state index >= 15 is 0 Å². The molecule has 1 amide bonds. The summed E-state index contributed by atoms with van der Waals surface area (Å²) in [4.78, 5) is 14.8. The molecule has 7 heteroatoms. The summed E-state index contributed by atoms with van der Waals surface area (Å²) in [6, 6.07) is 4.91. The molecular weight excluding hydrogens is 343 g/mol. The predicted molar refractivity (Wildman–Crippen MR) is 95.5 cm³/mol. The van der Waals surface area contributed by atoms with E-state index < -0.39 is 21.6 Å². The van der Waals surface area contributed by atoms with Crippen LogP contribution in [0, 0.1) is 11.7 Å². The molecule has 1 unspecified atom stereocenters. The fourth-order valence-corrected chi connectivity index (χ4v) is 4.80. The van der Waals surface area contributed by atoms with Crippen LogP contribution in [0.1, 0.15) is 33.1 Å². The molecule has 1 fully saturated rings. The molecule has 1 atom stereocenters. The highest BCUT2D eigenvalue weighted by atomic mass is 32.2. The van der Waals surface area contributed by atoms with Crippen LogP contribution in [0.4, 0.5) is 4.39 Å². The van der Waals surface area contributed by atoms with Gasteiger partial charge in [-0.1, -0.05) is 13.8 Å². The largest absolute Gasteiger partial charge is 0.339 e. The number of sulfone groups is 1. The van der Waals surface area contributed by atoms with Crippen LogP contribution in [0.5, 0.6) is 0 Å². The van der Waals surface area contributed by atoms with Crippen LogP contribution in [-0.4, -0.2) is 50.7 Å². The van der Waals surface area contributed by atoms with E-state index in [4.69, 9.17) is 0 Å². The van der Waals surface area contributed by atoms with Crippen LogP contribution in [0.25, 0.3) is 0 Å². The van der Waals surface area contributed by atoms with Crippen molar-refractivity contribution >= 4 is 15.7 Å². The Labute approximate surface area is 149 Å². The molecule has 1 aromatic carbocycles. The average molecular weight is 370 g/mol. The van der Waals surface area contributed by atoms with Gasteiger partial charge in [0.15, 0.2) is 9.84 Å². The molecule has 0 spiro atoms. The number of benzene rings is 1. The summed E-state index contributed by atoms with van der Waals surface area (Å²) in [5.41, 5.74) is 0. The fraction of sp³-hybridized carbons (Fsp3) is 0.611. The van der Waals surface area contributed by atoms with Crippen molar-refractivity contribution in [3.63, 3.8) is 0 Å². The number of carbonyl (C=O) groups excluding carboxylic acids is 1. The van der Waals surface area contributed by atoms with Gasteiger partial charge in [-0.2, -0.15) is 0 Å². The smallest absolute Gasteiger partial charge is 0.226 e. The van der Waals surface area contributed by atoms with Gasteiger partial charge >= 0.3 is 0 Å². The quantitative estimate of drug-likeness (QED) is 0.748. The third kappa shape index (κ3) is 5.25. The lowest BCUT2D eigenvalue weighted by Crippen LogP contribution is -2.49. The number of amides is 1. The zero-order valence-corrected chi connectivity index (χ0v) is 15.7. The minimum Gasteiger partial charge on any atom is -0.339 e. The SMILES string of the molecule is CCCN(C(=O)C(C)CS(=O)(=O)c1ccc(F)cc1)C1CCNCC1. The molecule has 2 rings (SSSR count). The number of halogens is 1. The minimum atomic E-state index is -3.63. The van der Waals surface area contributed by atoms with Crippen molar-refractivity contribution < 1.29 is 17.6 Å². The number of piperidine rings is 1. The van der Waals surface area contributed by atoms with Gasteiger partial charge in [0, 0.05) is 18.5 Å². The Morgan fingerprint density at radius 2 is 1.88 bits per heavy atom. The molecule has 1 heterocycles. The van der Waals surface area contributed by atoms with Crippen LogP contribution in [0.2, 0.25) is 0 Å². The molecule has 1 aromatic rings.